The van der Waals surface area contributed by atoms with Gasteiger partial charge in [0.25, 0.3) is 0 Å². The third kappa shape index (κ3) is 1.76. The molecule has 1 atom stereocenters. The molecule has 1 nitrogen and oxygen atoms in total. The lowest BCUT2D eigenvalue weighted by atomic mass is 9.77. The van der Waals surface area contributed by atoms with Crippen molar-refractivity contribution in [3.8, 4) is 0 Å². The van der Waals surface area contributed by atoms with E-state index in [9.17, 15) is 18.0 Å². The fourth-order valence-corrected chi connectivity index (χ4v) is 1.79. The first kappa shape index (κ1) is 10.2. The van der Waals surface area contributed by atoms with E-state index in [1.807, 2.05) is 0 Å². The van der Waals surface area contributed by atoms with E-state index in [-0.39, 0.29) is 11.3 Å². The Labute approximate surface area is 84.9 Å². The van der Waals surface area contributed by atoms with Crippen molar-refractivity contribution in [3.63, 3.8) is 0 Å². The molecule has 1 aromatic carbocycles. The molecule has 1 aliphatic carbocycles. The fourth-order valence-electron chi connectivity index (χ4n) is 1.79. The number of carbonyl (C=O) groups excluding carboxylic acids is 1. The first-order valence-corrected chi connectivity index (χ1v) is 4.69. The van der Waals surface area contributed by atoms with Crippen LogP contribution in [-0.2, 0) is 11.0 Å². The van der Waals surface area contributed by atoms with Crippen molar-refractivity contribution < 1.29 is 18.0 Å². The van der Waals surface area contributed by atoms with Gasteiger partial charge in [-0.25, -0.2) is 0 Å². The Morgan fingerprint density at radius 2 is 1.87 bits per heavy atom. The predicted molar refractivity (Wildman–Crippen MR) is 48.4 cm³/mol. The summed E-state index contributed by atoms with van der Waals surface area (Å²) >= 11 is 0. The zero-order chi connectivity index (χ0) is 11.1. The highest BCUT2D eigenvalue weighted by Gasteiger charge is 2.39. The van der Waals surface area contributed by atoms with Gasteiger partial charge in [0.15, 0.2) is 0 Å². The quantitative estimate of drug-likeness (QED) is 0.701. The minimum Gasteiger partial charge on any atom is -0.299 e. The summed E-state index contributed by atoms with van der Waals surface area (Å²) in [6.07, 6.45) is -3.44. The summed E-state index contributed by atoms with van der Waals surface area (Å²) in [7, 11) is 0. The first-order chi connectivity index (χ1) is 7.00. The molecule has 0 aromatic heterocycles. The number of ketones is 1. The zero-order valence-electron chi connectivity index (χ0n) is 7.84. The summed E-state index contributed by atoms with van der Waals surface area (Å²) in [6.45, 7) is 0. The number of rotatable bonds is 1. The molecule has 1 aromatic rings. The van der Waals surface area contributed by atoms with Crippen LogP contribution in [0.1, 0.15) is 29.9 Å². The Morgan fingerprint density at radius 3 is 2.33 bits per heavy atom. The van der Waals surface area contributed by atoms with Gasteiger partial charge in [-0.2, -0.15) is 13.2 Å². The molecule has 0 heterocycles. The summed E-state index contributed by atoms with van der Waals surface area (Å²) < 4.78 is 37.8. The number of hydrogen-bond acceptors (Lipinski definition) is 1. The summed E-state index contributed by atoms with van der Waals surface area (Å²) in [5, 5.41) is 0. The average molecular weight is 214 g/mol. The van der Waals surface area contributed by atoms with Crippen molar-refractivity contribution in [1.82, 2.24) is 0 Å². The lowest BCUT2D eigenvalue weighted by Gasteiger charge is -2.26. The van der Waals surface area contributed by atoms with E-state index in [1.165, 1.54) is 18.2 Å². The smallest absolute Gasteiger partial charge is 0.299 e. The Hall–Kier alpha value is -1.32. The fraction of sp³-hybridized carbons (Fsp3) is 0.364. The third-order valence-electron chi connectivity index (χ3n) is 2.71. The Kier molecular flexibility index (Phi) is 2.29. The molecule has 0 radical (unpaired) electrons. The largest absolute Gasteiger partial charge is 0.416 e. The molecule has 0 N–H and O–H groups in total. The maximum atomic E-state index is 12.6. The molecule has 2 rings (SSSR count). The van der Waals surface area contributed by atoms with Crippen molar-refractivity contribution in [1.29, 1.82) is 0 Å². The Bertz CT molecular complexity index is 395. The van der Waals surface area contributed by atoms with Gasteiger partial charge in [0.1, 0.15) is 5.78 Å². The van der Waals surface area contributed by atoms with E-state index in [4.69, 9.17) is 0 Å². The normalized spacial score (nSPS) is 21.3. The third-order valence-corrected chi connectivity index (χ3v) is 2.71. The molecule has 0 bridgehead atoms. The lowest BCUT2D eigenvalue weighted by molar-refractivity contribution is -0.139. The summed E-state index contributed by atoms with van der Waals surface area (Å²) in [4.78, 5) is 11.1. The van der Waals surface area contributed by atoms with E-state index >= 15 is 0 Å². The van der Waals surface area contributed by atoms with Gasteiger partial charge in [-0.15, -0.1) is 0 Å². The van der Waals surface area contributed by atoms with Crippen molar-refractivity contribution in [2.75, 3.05) is 0 Å². The van der Waals surface area contributed by atoms with Crippen molar-refractivity contribution >= 4 is 5.78 Å². The van der Waals surface area contributed by atoms with Crippen LogP contribution in [-0.4, -0.2) is 5.78 Å². The number of hydrogen-bond donors (Lipinski definition) is 0. The second kappa shape index (κ2) is 3.36. The second-order valence-corrected chi connectivity index (χ2v) is 3.64. The van der Waals surface area contributed by atoms with Crippen LogP contribution in [0.5, 0.6) is 0 Å². The van der Waals surface area contributed by atoms with Gasteiger partial charge in [0.05, 0.1) is 5.56 Å². The summed E-state index contributed by atoms with van der Waals surface area (Å²) in [5.74, 6) is -0.630. The van der Waals surface area contributed by atoms with Gasteiger partial charge in [-0.1, -0.05) is 18.2 Å². The Balaban J connectivity index is 2.42. The lowest BCUT2D eigenvalue weighted by Crippen LogP contribution is -2.26. The SMILES string of the molecule is O=C1CC[C@H]1c1ccccc1C(F)(F)F. The van der Waals surface area contributed by atoms with Crippen LogP contribution in [0, 0.1) is 0 Å². The van der Waals surface area contributed by atoms with Gasteiger partial charge in [0, 0.05) is 12.3 Å². The van der Waals surface area contributed by atoms with Crippen molar-refractivity contribution in [2.24, 2.45) is 0 Å². The monoisotopic (exact) mass is 214 g/mol. The van der Waals surface area contributed by atoms with E-state index < -0.39 is 17.7 Å². The highest BCUT2D eigenvalue weighted by Crippen LogP contribution is 2.40. The number of alkyl halides is 3. The van der Waals surface area contributed by atoms with E-state index in [2.05, 4.69) is 0 Å². The van der Waals surface area contributed by atoms with Crippen LogP contribution in [0.15, 0.2) is 24.3 Å². The van der Waals surface area contributed by atoms with Gasteiger partial charge in [0.2, 0.25) is 0 Å². The number of Topliss-reactive ketones (excluding diaryl/α,β-unsaturated/α-hetero) is 1. The number of carbonyl (C=O) groups is 1. The predicted octanol–water partition coefficient (Wildman–Crippen LogP) is 3.15. The van der Waals surface area contributed by atoms with Crippen LogP contribution in [0.4, 0.5) is 13.2 Å². The topological polar surface area (TPSA) is 17.1 Å². The van der Waals surface area contributed by atoms with Crippen molar-refractivity contribution in [2.45, 2.75) is 24.9 Å². The van der Waals surface area contributed by atoms with Crippen LogP contribution in [0.3, 0.4) is 0 Å². The zero-order valence-corrected chi connectivity index (χ0v) is 7.84. The average Bonchev–Trinajstić information content (AvgIpc) is 2.15. The molecule has 0 amide bonds. The molecule has 80 valence electrons. The van der Waals surface area contributed by atoms with E-state index in [1.54, 1.807) is 0 Å². The molecule has 0 spiro atoms. The minimum absolute atomic E-state index is 0.0910. The van der Waals surface area contributed by atoms with Gasteiger partial charge in [-0.05, 0) is 18.1 Å². The van der Waals surface area contributed by atoms with Crippen molar-refractivity contribution in [3.05, 3.63) is 35.4 Å². The maximum Gasteiger partial charge on any atom is 0.416 e. The van der Waals surface area contributed by atoms with Gasteiger partial charge in [-0.3, -0.25) is 4.79 Å². The van der Waals surface area contributed by atoms with Gasteiger partial charge >= 0.3 is 6.18 Å². The number of benzene rings is 1. The van der Waals surface area contributed by atoms with Crippen LogP contribution in [0.25, 0.3) is 0 Å². The maximum absolute atomic E-state index is 12.6. The standard InChI is InChI=1S/C11H9F3O/c12-11(13,14)9-4-2-1-3-7(9)8-5-6-10(8)15/h1-4,8H,5-6H2/t8-/m0/s1. The molecule has 1 aliphatic rings. The molecule has 0 aliphatic heterocycles. The summed E-state index contributed by atoms with van der Waals surface area (Å²) in [5.41, 5.74) is -0.552. The van der Waals surface area contributed by atoms with E-state index in [0.29, 0.717) is 12.8 Å². The van der Waals surface area contributed by atoms with Crippen LogP contribution in [0.2, 0.25) is 0 Å². The molecular weight excluding hydrogens is 205 g/mol. The van der Waals surface area contributed by atoms with E-state index in [0.717, 1.165) is 6.07 Å². The second-order valence-electron chi connectivity index (χ2n) is 3.64. The highest BCUT2D eigenvalue weighted by molar-refractivity contribution is 5.91. The molecular formula is C11H9F3O. The van der Waals surface area contributed by atoms with Gasteiger partial charge < -0.3 is 0 Å². The first-order valence-electron chi connectivity index (χ1n) is 4.69. The molecule has 1 fully saturated rings. The molecule has 1 saturated carbocycles. The summed E-state index contributed by atoms with van der Waals surface area (Å²) in [6, 6.07) is 5.30. The number of halogens is 3. The highest BCUT2D eigenvalue weighted by atomic mass is 19.4. The molecule has 4 heteroatoms. The Morgan fingerprint density at radius 1 is 1.20 bits per heavy atom. The van der Waals surface area contributed by atoms with Crippen LogP contribution < -0.4 is 0 Å². The molecule has 0 unspecified atom stereocenters. The molecule has 0 saturated heterocycles. The minimum atomic E-state index is -4.37. The molecule has 15 heavy (non-hydrogen) atoms. The van der Waals surface area contributed by atoms with Crippen LogP contribution >= 0.6 is 0 Å².